The maximum Gasteiger partial charge on any atom is 0.432 e. The summed E-state index contributed by atoms with van der Waals surface area (Å²) in [5.41, 5.74) is -3.52. The molecule has 29 heavy (non-hydrogen) atoms. The number of nitrogens with one attached hydrogen (secondary N) is 2. The number of cyclic esters (lactones) is 1. The van der Waals surface area contributed by atoms with Gasteiger partial charge in [-0.2, -0.15) is 13.2 Å². The van der Waals surface area contributed by atoms with Crippen LogP contribution in [0.15, 0.2) is 42.5 Å². The monoisotopic (exact) mass is 430 g/mol. The van der Waals surface area contributed by atoms with E-state index in [1.54, 1.807) is 0 Å². The van der Waals surface area contributed by atoms with Crippen molar-refractivity contribution in [2.75, 3.05) is 11.9 Å². The van der Waals surface area contributed by atoms with Crippen LogP contribution < -0.4 is 10.6 Å². The number of carbonyl (C=O) groups excluding carboxylic acids is 2. The number of hydrogen-bond acceptors (Lipinski definition) is 3. The lowest BCUT2D eigenvalue weighted by Gasteiger charge is -2.39. The molecule has 0 radical (unpaired) electrons. The zero-order valence-corrected chi connectivity index (χ0v) is 15.5. The summed E-state index contributed by atoms with van der Waals surface area (Å²) >= 11 is 5.85. The lowest BCUT2D eigenvalue weighted by molar-refractivity contribution is -0.267. The van der Waals surface area contributed by atoms with Crippen molar-refractivity contribution in [3.8, 4) is 0 Å². The summed E-state index contributed by atoms with van der Waals surface area (Å²) < 4.78 is 60.3. The number of anilines is 1. The van der Waals surface area contributed by atoms with Gasteiger partial charge in [-0.05, 0) is 36.8 Å². The summed E-state index contributed by atoms with van der Waals surface area (Å²) in [4.78, 5) is 23.8. The molecule has 3 rings (SSSR count). The zero-order valence-electron chi connectivity index (χ0n) is 14.8. The maximum atomic E-state index is 14.0. The summed E-state index contributed by atoms with van der Waals surface area (Å²) in [6.07, 6.45) is -7.03. The van der Waals surface area contributed by atoms with E-state index < -0.39 is 36.0 Å². The minimum atomic E-state index is -4.93. The molecule has 1 aliphatic rings. The van der Waals surface area contributed by atoms with Crippen LogP contribution in [-0.2, 0) is 10.3 Å². The van der Waals surface area contributed by atoms with E-state index in [2.05, 4.69) is 10.6 Å². The highest BCUT2D eigenvalue weighted by Crippen LogP contribution is 2.50. The zero-order chi connectivity index (χ0) is 21.2. The van der Waals surface area contributed by atoms with Crippen molar-refractivity contribution in [2.45, 2.75) is 24.6 Å². The quantitative estimate of drug-likeness (QED) is 0.517. The number of fused-ring (bicyclic) bond motifs is 1. The second kappa shape index (κ2) is 7.90. The highest BCUT2D eigenvalue weighted by molar-refractivity contribution is 6.30. The normalized spacial score (nSPS) is 18.4. The highest BCUT2D eigenvalue weighted by Gasteiger charge is 2.61. The number of halogens is 5. The molecule has 2 amide bonds. The van der Waals surface area contributed by atoms with Crippen molar-refractivity contribution in [3.05, 3.63) is 64.4 Å². The third kappa shape index (κ3) is 4.14. The molecule has 2 N–H and O–H groups in total. The van der Waals surface area contributed by atoms with Crippen LogP contribution in [0.1, 0.15) is 28.8 Å². The van der Waals surface area contributed by atoms with Gasteiger partial charge in [0.1, 0.15) is 5.82 Å². The van der Waals surface area contributed by atoms with E-state index in [4.69, 9.17) is 16.3 Å². The number of hydrogen-bond donors (Lipinski definition) is 2. The van der Waals surface area contributed by atoms with E-state index in [9.17, 15) is 27.2 Å². The first-order chi connectivity index (χ1) is 13.6. The molecule has 0 aromatic heterocycles. The van der Waals surface area contributed by atoms with Crippen LogP contribution in [-0.4, -0.2) is 24.7 Å². The minimum Gasteiger partial charge on any atom is -0.428 e. The van der Waals surface area contributed by atoms with Gasteiger partial charge in [-0.25, -0.2) is 9.18 Å². The smallest absolute Gasteiger partial charge is 0.428 e. The second-order valence-corrected chi connectivity index (χ2v) is 6.80. The van der Waals surface area contributed by atoms with Crippen molar-refractivity contribution >= 4 is 29.3 Å². The molecule has 0 aliphatic carbocycles. The molecule has 2 aromatic rings. The lowest BCUT2D eigenvalue weighted by Crippen LogP contribution is -2.50. The number of alkyl halides is 3. The first-order valence-corrected chi connectivity index (χ1v) is 8.91. The van der Waals surface area contributed by atoms with Crippen LogP contribution in [0.2, 0.25) is 5.02 Å². The fourth-order valence-electron chi connectivity index (χ4n) is 3.13. The summed E-state index contributed by atoms with van der Waals surface area (Å²) in [5.74, 6) is -1.50. The number of carbonyl (C=O) groups is 2. The summed E-state index contributed by atoms with van der Waals surface area (Å²) in [6, 6.07) is 8.93. The second-order valence-electron chi connectivity index (χ2n) is 6.37. The van der Waals surface area contributed by atoms with Gasteiger partial charge in [0.05, 0.1) is 11.3 Å². The Hall–Kier alpha value is -2.81. The minimum absolute atomic E-state index is 0.0463. The fourth-order valence-corrected chi connectivity index (χ4v) is 3.30. The molecule has 1 atom stereocenters. The van der Waals surface area contributed by atoms with Crippen molar-refractivity contribution in [2.24, 2.45) is 0 Å². The number of amides is 2. The SMILES string of the molecule is O=C1Nc2ccc(Cl)cc2C(CCCNC(=O)c2ccccc2F)(C(F)(F)F)O1. The molecule has 0 saturated carbocycles. The molecular weight excluding hydrogens is 416 g/mol. The van der Waals surface area contributed by atoms with Gasteiger partial charge < -0.3 is 10.1 Å². The molecule has 0 spiro atoms. The molecule has 10 heteroatoms. The standard InChI is InChI=1S/C19H15ClF4N2O3/c20-11-6-7-15-13(10-11)18(19(22,23)24,29-17(28)26-15)8-3-9-25-16(27)12-4-1-2-5-14(12)21/h1-2,4-7,10H,3,8-9H2,(H,25,27)(H,26,28). The molecule has 0 saturated heterocycles. The predicted molar refractivity (Wildman–Crippen MR) is 97.3 cm³/mol. The topological polar surface area (TPSA) is 67.4 Å². The molecule has 2 aromatic carbocycles. The van der Waals surface area contributed by atoms with Crippen LogP contribution in [0.4, 0.5) is 28.0 Å². The average molecular weight is 431 g/mol. The van der Waals surface area contributed by atoms with Gasteiger partial charge >= 0.3 is 12.3 Å². The summed E-state index contributed by atoms with van der Waals surface area (Å²) in [6.45, 7) is -0.189. The van der Waals surface area contributed by atoms with Crippen LogP contribution in [0, 0.1) is 5.82 Å². The van der Waals surface area contributed by atoms with E-state index in [0.29, 0.717) is 0 Å². The Morgan fingerprint density at radius 3 is 2.62 bits per heavy atom. The van der Waals surface area contributed by atoms with Gasteiger partial charge in [-0.15, -0.1) is 0 Å². The molecule has 154 valence electrons. The van der Waals surface area contributed by atoms with Crippen LogP contribution in [0.3, 0.4) is 0 Å². The first kappa shape index (κ1) is 20.9. The van der Waals surface area contributed by atoms with Gasteiger partial charge in [0.2, 0.25) is 5.60 Å². The van der Waals surface area contributed by atoms with E-state index in [0.717, 1.165) is 12.1 Å². The van der Waals surface area contributed by atoms with E-state index in [1.165, 1.54) is 30.3 Å². The van der Waals surface area contributed by atoms with E-state index >= 15 is 0 Å². The van der Waals surface area contributed by atoms with Gasteiger partial charge in [0.25, 0.3) is 5.91 Å². The number of benzene rings is 2. The molecule has 1 heterocycles. The summed E-state index contributed by atoms with van der Waals surface area (Å²) in [7, 11) is 0. The highest BCUT2D eigenvalue weighted by atomic mass is 35.5. The Balaban J connectivity index is 1.78. The van der Waals surface area contributed by atoms with Crippen molar-refractivity contribution in [1.82, 2.24) is 5.32 Å². The first-order valence-electron chi connectivity index (χ1n) is 8.53. The Morgan fingerprint density at radius 1 is 1.21 bits per heavy atom. The van der Waals surface area contributed by atoms with Crippen LogP contribution >= 0.6 is 11.6 Å². The van der Waals surface area contributed by atoms with Crippen molar-refractivity contribution in [3.63, 3.8) is 0 Å². The van der Waals surface area contributed by atoms with Gasteiger partial charge in [0.15, 0.2) is 0 Å². The fraction of sp³-hybridized carbons (Fsp3) is 0.263. The average Bonchev–Trinajstić information content (AvgIpc) is 2.64. The van der Waals surface area contributed by atoms with Gasteiger partial charge in [0, 0.05) is 23.6 Å². The van der Waals surface area contributed by atoms with Crippen molar-refractivity contribution in [1.29, 1.82) is 0 Å². The molecule has 5 nitrogen and oxygen atoms in total. The Labute approximate surface area is 168 Å². The predicted octanol–water partition coefficient (Wildman–Crippen LogP) is 5.01. The lowest BCUT2D eigenvalue weighted by atomic mass is 9.85. The molecule has 1 aliphatic heterocycles. The molecule has 0 fully saturated rings. The Morgan fingerprint density at radius 2 is 1.93 bits per heavy atom. The van der Waals surface area contributed by atoms with Gasteiger partial charge in [-0.3, -0.25) is 10.1 Å². The Kier molecular flexibility index (Phi) is 5.70. The van der Waals surface area contributed by atoms with Crippen LogP contribution in [0.5, 0.6) is 0 Å². The number of rotatable bonds is 5. The van der Waals surface area contributed by atoms with Crippen molar-refractivity contribution < 1.29 is 31.9 Å². The third-order valence-corrected chi connectivity index (χ3v) is 4.72. The van der Waals surface area contributed by atoms with E-state index in [1.807, 2.05) is 0 Å². The van der Waals surface area contributed by atoms with Gasteiger partial charge in [-0.1, -0.05) is 23.7 Å². The summed E-state index contributed by atoms with van der Waals surface area (Å²) in [5, 5.41) is 4.63. The van der Waals surface area contributed by atoms with E-state index in [-0.39, 0.29) is 34.8 Å². The van der Waals surface area contributed by atoms with Crippen LogP contribution in [0.25, 0.3) is 0 Å². The number of ether oxygens (including phenoxy) is 1. The Bertz CT molecular complexity index is 951. The third-order valence-electron chi connectivity index (χ3n) is 4.49. The molecule has 0 bridgehead atoms. The molecule has 1 unspecified atom stereocenters. The maximum absolute atomic E-state index is 14.0. The molecular formula is C19H15ClF4N2O3. The largest absolute Gasteiger partial charge is 0.432 e.